The number of aromatic nitrogens is 2. The summed E-state index contributed by atoms with van der Waals surface area (Å²) < 4.78 is 0. The van der Waals surface area contributed by atoms with Crippen LogP contribution in [0, 0.1) is 5.92 Å². The Morgan fingerprint density at radius 3 is 2.47 bits per heavy atom. The number of hydrogen-bond donors (Lipinski definition) is 4. The quantitative estimate of drug-likeness (QED) is 0.466. The van der Waals surface area contributed by atoms with E-state index in [1.165, 1.54) is 25.7 Å². The van der Waals surface area contributed by atoms with Crippen molar-refractivity contribution in [3.8, 4) is 0 Å². The Kier molecular flexibility index (Phi) is 3.63. The van der Waals surface area contributed by atoms with Gasteiger partial charge in [-0.1, -0.05) is 6.92 Å². The lowest BCUT2D eigenvalue weighted by Crippen LogP contribution is -2.26. The molecule has 0 aromatic carbocycles. The third-order valence-electron chi connectivity index (χ3n) is 3.26. The lowest BCUT2D eigenvalue weighted by molar-refractivity contribution is 0.361. The van der Waals surface area contributed by atoms with E-state index in [0.29, 0.717) is 11.9 Å². The van der Waals surface area contributed by atoms with Crippen LogP contribution in [0.5, 0.6) is 0 Å². The predicted molar refractivity (Wildman–Crippen MR) is 69.3 cm³/mol. The van der Waals surface area contributed by atoms with Crippen molar-refractivity contribution in [2.24, 2.45) is 11.8 Å². The van der Waals surface area contributed by atoms with Crippen LogP contribution in [-0.2, 0) is 0 Å². The van der Waals surface area contributed by atoms with Crippen molar-refractivity contribution in [2.45, 2.75) is 38.6 Å². The molecule has 0 bridgehead atoms. The second kappa shape index (κ2) is 5.18. The van der Waals surface area contributed by atoms with Crippen molar-refractivity contribution in [2.75, 3.05) is 16.5 Å². The first-order valence-electron chi connectivity index (χ1n) is 6.05. The average Bonchev–Trinajstić information content (AvgIpc) is 2.31. The number of anilines is 3. The van der Waals surface area contributed by atoms with Crippen LogP contribution in [0.4, 0.5) is 17.6 Å². The zero-order valence-electron chi connectivity index (χ0n) is 10.1. The number of nitrogens with two attached hydrogens (primary N) is 2. The van der Waals surface area contributed by atoms with Gasteiger partial charge in [0.25, 0.3) is 0 Å². The molecule has 6 nitrogen and oxygen atoms in total. The Bertz CT molecular complexity index is 372. The molecule has 0 saturated heterocycles. The summed E-state index contributed by atoms with van der Waals surface area (Å²) in [5.74, 6) is 7.65. The summed E-state index contributed by atoms with van der Waals surface area (Å²) >= 11 is 0. The maximum Gasteiger partial charge on any atom is 0.223 e. The average molecular weight is 236 g/mol. The zero-order valence-corrected chi connectivity index (χ0v) is 10.1. The fraction of sp³-hybridized carbons (Fsp3) is 0.636. The van der Waals surface area contributed by atoms with Crippen molar-refractivity contribution in [1.29, 1.82) is 0 Å². The van der Waals surface area contributed by atoms with Crippen molar-refractivity contribution >= 4 is 17.6 Å². The van der Waals surface area contributed by atoms with E-state index >= 15 is 0 Å². The van der Waals surface area contributed by atoms with Gasteiger partial charge in [0, 0.05) is 12.1 Å². The van der Waals surface area contributed by atoms with Gasteiger partial charge in [0.1, 0.15) is 11.6 Å². The Balaban J connectivity index is 2.00. The number of rotatable bonds is 3. The molecule has 1 fully saturated rings. The van der Waals surface area contributed by atoms with Crippen LogP contribution in [0.2, 0.25) is 0 Å². The number of hydrazine groups is 1. The van der Waals surface area contributed by atoms with Gasteiger partial charge in [0.15, 0.2) is 0 Å². The van der Waals surface area contributed by atoms with Gasteiger partial charge in [-0.3, -0.25) is 0 Å². The van der Waals surface area contributed by atoms with Crippen LogP contribution in [0.1, 0.15) is 32.6 Å². The van der Waals surface area contributed by atoms with Crippen molar-refractivity contribution in [3.05, 3.63) is 6.07 Å². The van der Waals surface area contributed by atoms with E-state index in [1.807, 2.05) is 0 Å². The number of nitrogens with one attached hydrogen (secondary N) is 2. The molecule has 6 N–H and O–H groups in total. The standard InChI is InChI=1S/C11H20N6/c1-7-2-4-8(5-3-7)14-9-6-10(17-13)16-11(12)15-9/h6-8H,2-5,13H2,1H3,(H4,12,14,15,16,17). The molecule has 2 rings (SSSR count). The molecular formula is C11H20N6. The first-order valence-corrected chi connectivity index (χ1v) is 6.05. The Morgan fingerprint density at radius 1 is 1.18 bits per heavy atom. The highest BCUT2D eigenvalue weighted by Crippen LogP contribution is 2.26. The van der Waals surface area contributed by atoms with Gasteiger partial charge < -0.3 is 16.5 Å². The molecule has 1 aliphatic carbocycles. The Morgan fingerprint density at radius 2 is 1.82 bits per heavy atom. The lowest BCUT2D eigenvalue weighted by Gasteiger charge is -2.27. The van der Waals surface area contributed by atoms with Gasteiger partial charge in [-0.05, 0) is 31.6 Å². The maximum absolute atomic E-state index is 5.60. The van der Waals surface area contributed by atoms with Gasteiger partial charge >= 0.3 is 0 Å². The Labute approximate surface area is 101 Å². The largest absolute Gasteiger partial charge is 0.368 e. The summed E-state index contributed by atoms with van der Waals surface area (Å²) in [7, 11) is 0. The van der Waals surface area contributed by atoms with E-state index in [4.69, 9.17) is 11.6 Å². The second-order valence-electron chi connectivity index (χ2n) is 4.74. The monoisotopic (exact) mass is 236 g/mol. The van der Waals surface area contributed by atoms with Gasteiger partial charge in [-0.25, -0.2) is 5.84 Å². The molecule has 0 spiro atoms. The molecule has 17 heavy (non-hydrogen) atoms. The molecule has 1 saturated carbocycles. The van der Waals surface area contributed by atoms with Gasteiger partial charge in [0.2, 0.25) is 5.95 Å². The molecule has 0 amide bonds. The van der Waals surface area contributed by atoms with Gasteiger partial charge in [0.05, 0.1) is 0 Å². The molecule has 0 radical (unpaired) electrons. The third-order valence-corrected chi connectivity index (χ3v) is 3.26. The molecule has 94 valence electrons. The predicted octanol–water partition coefficient (Wildman–Crippen LogP) is 1.33. The molecule has 0 aliphatic heterocycles. The van der Waals surface area contributed by atoms with Gasteiger partial charge in [-0.15, -0.1) is 0 Å². The SMILES string of the molecule is CC1CCC(Nc2cc(NN)nc(N)n2)CC1. The van der Waals surface area contributed by atoms with Crippen molar-refractivity contribution in [1.82, 2.24) is 9.97 Å². The summed E-state index contributed by atoms with van der Waals surface area (Å²) in [6.45, 7) is 2.30. The molecule has 0 atom stereocenters. The molecule has 1 heterocycles. The summed E-state index contributed by atoms with van der Waals surface area (Å²) in [6.07, 6.45) is 4.88. The molecule has 1 aromatic rings. The Hall–Kier alpha value is -1.56. The zero-order chi connectivity index (χ0) is 12.3. The van der Waals surface area contributed by atoms with Crippen LogP contribution >= 0.6 is 0 Å². The van der Waals surface area contributed by atoms with E-state index in [2.05, 4.69) is 27.6 Å². The van der Waals surface area contributed by atoms with Crippen LogP contribution < -0.4 is 22.3 Å². The van der Waals surface area contributed by atoms with E-state index < -0.39 is 0 Å². The lowest BCUT2D eigenvalue weighted by atomic mass is 9.87. The van der Waals surface area contributed by atoms with Crippen LogP contribution in [0.15, 0.2) is 6.07 Å². The van der Waals surface area contributed by atoms with Crippen molar-refractivity contribution < 1.29 is 0 Å². The molecule has 1 aromatic heterocycles. The number of nitrogens with zero attached hydrogens (tertiary/aromatic N) is 2. The summed E-state index contributed by atoms with van der Waals surface area (Å²) in [5, 5.41) is 3.39. The topological polar surface area (TPSA) is 102 Å². The first kappa shape index (κ1) is 11.9. The minimum atomic E-state index is 0.229. The van der Waals surface area contributed by atoms with E-state index in [0.717, 1.165) is 11.7 Å². The van der Waals surface area contributed by atoms with E-state index in [1.54, 1.807) is 6.07 Å². The first-order chi connectivity index (χ1) is 8.17. The molecule has 1 aliphatic rings. The number of hydrogen-bond acceptors (Lipinski definition) is 6. The van der Waals surface area contributed by atoms with E-state index in [9.17, 15) is 0 Å². The molecule has 6 heteroatoms. The summed E-state index contributed by atoms with van der Waals surface area (Å²) in [5.41, 5.74) is 8.09. The highest BCUT2D eigenvalue weighted by atomic mass is 15.3. The molecule has 0 unspecified atom stereocenters. The fourth-order valence-electron chi connectivity index (χ4n) is 2.23. The van der Waals surface area contributed by atoms with Crippen molar-refractivity contribution in [3.63, 3.8) is 0 Å². The fourth-order valence-corrected chi connectivity index (χ4v) is 2.23. The normalized spacial score (nSPS) is 24.4. The second-order valence-corrected chi connectivity index (χ2v) is 4.74. The van der Waals surface area contributed by atoms with Crippen LogP contribution in [0.3, 0.4) is 0 Å². The molecular weight excluding hydrogens is 216 g/mol. The van der Waals surface area contributed by atoms with Crippen LogP contribution in [0.25, 0.3) is 0 Å². The third kappa shape index (κ3) is 3.20. The summed E-state index contributed by atoms with van der Waals surface area (Å²) in [6, 6.07) is 2.25. The smallest absolute Gasteiger partial charge is 0.223 e. The highest BCUT2D eigenvalue weighted by Gasteiger charge is 2.18. The minimum Gasteiger partial charge on any atom is -0.368 e. The van der Waals surface area contributed by atoms with E-state index in [-0.39, 0.29) is 5.95 Å². The maximum atomic E-state index is 5.60. The highest BCUT2D eigenvalue weighted by molar-refractivity contribution is 5.50. The minimum absolute atomic E-state index is 0.229. The van der Waals surface area contributed by atoms with Crippen LogP contribution in [-0.4, -0.2) is 16.0 Å². The summed E-state index contributed by atoms with van der Waals surface area (Å²) in [4.78, 5) is 8.10. The van der Waals surface area contributed by atoms with Gasteiger partial charge in [-0.2, -0.15) is 9.97 Å². The number of nitrogen functional groups attached to an aromatic ring is 2.